The lowest BCUT2D eigenvalue weighted by Gasteiger charge is -2.19. The Bertz CT molecular complexity index is 221. The van der Waals surface area contributed by atoms with Crippen LogP contribution in [0.1, 0.15) is 12.8 Å². The molecule has 1 unspecified atom stereocenters. The summed E-state index contributed by atoms with van der Waals surface area (Å²) in [5, 5.41) is 11.9. The summed E-state index contributed by atoms with van der Waals surface area (Å²) >= 11 is 1.74. The fourth-order valence-electron chi connectivity index (χ4n) is 1.22. The number of H-pyrrole nitrogens is 1. The van der Waals surface area contributed by atoms with E-state index in [0.717, 1.165) is 24.7 Å². The third kappa shape index (κ3) is 1.98. The quantitative estimate of drug-likeness (QED) is 0.749. The maximum atomic E-state index is 5.35. The molecule has 0 spiro atoms. The lowest BCUT2D eigenvalue weighted by atomic mass is 10.2. The standard InChI is InChI=1S/C7H11N3OS/c1-2-6(5-11-3-1)12-7-4-8-10-9-7/h4,6H,1-3,5H2,(H,8,9,10). The van der Waals surface area contributed by atoms with Gasteiger partial charge >= 0.3 is 0 Å². The zero-order valence-corrected chi connectivity index (χ0v) is 7.51. The second-order valence-electron chi connectivity index (χ2n) is 2.77. The molecule has 1 atom stereocenters. The van der Waals surface area contributed by atoms with Crippen molar-refractivity contribution >= 4 is 11.8 Å². The fraction of sp³-hybridized carbons (Fsp3) is 0.714. The van der Waals surface area contributed by atoms with Gasteiger partial charge in [0.2, 0.25) is 0 Å². The van der Waals surface area contributed by atoms with E-state index in [0.29, 0.717) is 5.25 Å². The molecule has 5 heteroatoms. The first-order valence-corrected chi connectivity index (χ1v) is 4.93. The first kappa shape index (κ1) is 8.07. The van der Waals surface area contributed by atoms with Crippen molar-refractivity contribution in [3.8, 4) is 0 Å². The second-order valence-corrected chi connectivity index (χ2v) is 4.09. The molecule has 1 aliphatic rings. The summed E-state index contributed by atoms with van der Waals surface area (Å²) < 4.78 is 5.35. The highest BCUT2D eigenvalue weighted by Gasteiger charge is 2.15. The molecule has 0 radical (unpaired) electrons. The van der Waals surface area contributed by atoms with Gasteiger partial charge in [0.25, 0.3) is 0 Å². The maximum Gasteiger partial charge on any atom is 0.139 e. The van der Waals surface area contributed by atoms with Gasteiger partial charge < -0.3 is 4.74 Å². The minimum atomic E-state index is 0.559. The molecular weight excluding hydrogens is 174 g/mol. The molecule has 0 aromatic carbocycles. The van der Waals surface area contributed by atoms with E-state index >= 15 is 0 Å². The van der Waals surface area contributed by atoms with Crippen LogP contribution in [0.5, 0.6) is 0 Å². The number of aromatic amines is 1. The largest absolute Gasteiger partial charge is 0.380 e. The van der Waals surface area contributed by atoms with Crippen molar-refractivity contribution < 1.29 is 4.74 Å². The van der Waals surface area contributed by atoms with Crippen LogP contribution in [0.2, 0.25) is 0 Å². The smallest absolute Gasteiger partial charge is 0.139 e. The normalized spacial score (nSPS) is 24.2. The molecule has 12 heavy (non-hydrogen) atoms. The maximum absolute atomic E-state index is 5.35. The van der Waals surface area contributed by atoms with Crippen LogP contribution in [0.3, 0.4) is 0 Å². The van der Waals surface area contributed by atoms with Crippen molar-refractivity contribution in [1.82, 2.24) is 15.4 Å². The lowest BCUT2D eigenvalue weighted by Crippen LogP contribution is -2.19. The Morgan fingerprint density at radius 1 is 1.67 bits per heavy atom. The Morgan fingerprint density at radius 3 is 3.33 bits per heavy atom. The van der Waals surface area contributed by atoms with Crippen molar-refractivity contribution in [2.45, 2.75) is 23.1 Å². The van der Waals surface area contributed by atoms with Gasteiger partial charge in [-0.25, -0.2) is 0 Å². The number of hydrogen-bond acceptors (Lipinski definition) is 4. The van der Waals surface area contributed by atoms with Crippen LogP contribution < -0.4 is 0 Å². The molecule has 66 valence electrons. The molecule has 4 nitrogen and oxygen atoms in total. The molecule has 2 heterocycles. The van der Waals surface area contributed by atoms with Crippen molar-refractivity contribution in [3.05, 3.63) is 6.20 Å². The molecule has 1 aromatic rings. The third-order valence-corrected chi connectivity index (χ3v) is 2.94. The molecule has 1 aliphatic heterocycles. The van der Waals surface area contributed by atoms with E-state index in [-0.39, 0.29) is 0 Å². The van der Waals surface area contributed by atoms with E-state index in [9.17, 15) is 0 Å². The van der Waals surface area contributed by atoms with Crippen LogP contribution in [0.4, 0.5) is 0 Å². The van der Waals surface area contributed by atoms with Gasteiger partial charge in [-0.3, -0.25) is 0 Å². The zero-order valence-electron chi connectivity index (χ0n) is 6.69. The average Bonchev–Trinajstić information content (AvgIpc) is 2.59. The molecule has 1 N–H and O–H groups in total. The van der Waals surface area contributed by atoms with Crippen LogP contribution in [0.15, 0.2) is 11.2 Å². The molecule has 1 fully saturated rings. The van der Waals surface area contributed by atoms with E-state index in [1.807, 2.05) is 0 Å². The number of ether oxygens (including phenoxy) is 1. The van der Waals surface area contributed by atoms with Gasteiger partial charge in [-0.15, -0.1) is 5.10 Å². The summed E-state index contributed by atoms with van der Waals surface area (Å²) in [6, 6.07) is 0. The molecular formula is C7H11N3OS. The highest BCUT2D eigenvalue weighted by Crippen LogP contribution is 2.25. The Kier molecular flexibility index (Phi) is 2.63. The molecule has 1 saturated heterocycles. The van der Waals surface area contributed by atoms with Gasteiger partial charge in [0.05, 0.1) is 12.8 Å². The first-order chi connectivity index (χ1) is 5.95. The topological polar surface area (TPSA) is 50.8 Å². The van der Waals surface area contributed by atoms with Crippen LogP contribution in [0, 0.1) is 0 Å². The highest BCUT2D eigenvalue weighted by atomic mass is 32.2. The Labute approximate surface area is 75.1 Å². The van der Waals surface area contributed by atoms with Gasteiger partial charge in [-0.2, -0.15) is 10.3 Å². The van der Waals surface area contributed by atoms with Gasteiger partial charge in [-0.1, -0.05) is 11.8 Å². The molecule has 0 aliphatic carbocycles. The lowest BCUT2D eigenvalue weighted by molar-refractivity contribution is 0.101. The SMILES string of the molecule is c1n[nH]nc1SC1CCCOC1. The summed E-state index contributed by atoms with van der Waals surface area (Å²) in [7, 11) is 0. The number of nitrogens with zero attached hydrogens (tertiary/aromatic N) is 2. The van der Waals surface area contributed by atoms with Crippen LogP contribution in [0.25, 0.3) is 0 Å². The second kappa shape index (κ2) is 3.91. The van der Waals surface area contributed by atoms with E-state index in [4.69, 9.17) is 4.74 Å². The van der Waals surface area contributed by atoms with E-state index in [1.165, 1.54) is 6.42 Å². The zero-order chi connectivity index (χ0) is 8.23. The van der Waals surface area contributed by atoms with E-state index in [1.54, 1.807) is 18.0 Å². The molecule has 1 aromatic heterocycles. The van der Waals surface area contributed by atoms with E-state index in [2.05, 4.69) is 15.4 Å². The fourth-order valence-corrected chi connectivity index (χ4v) is 2.22. The number of nitrogens with one attached hydrogen (secondary N) is 1. The average molecular weight is 185 g/mol. The molecule has 2 rings (SSSR count). The Morgan fingerprint density at radius 2 is 2.67 bits per heavy atom. The minimum absolute atomic E-state index is 0.559. The summed E-state index contributed by atoms with van der Waals surface area (Å²) in [5.41, 5.74) is 0. The summed E-state index contributed by atoms with van der Waals surface area (Å²) in [6.45, 7) is 1.76. The third-order valence-electron chi connectivity index (χ3n) is 1.80. The minimum Gasteiger partial charge on any atom is -0.380 e. The van der Waals surface area contributed by atoms with Crippen molar-refractivity contribution in [2.24, 2.45) is 0 Å². The summed E-state index contributed by atoms with van der Waals surface area (Å²) in [5.74, 6) is 0. The predicted molar refractivity (Wildman–Crippen MR) is 46.1 cm³/mol. The number of rotatable bonds is 2. The number of hydrogen-bond donors (Lipinski definition) is 1. The van der Waals surface area contributed by atoms with Crippen LogP contribution in [-0.4, -0.2) is 33.9 Å². The van der Waals surface area contributed by atoms with Gasteiger partial charge in [0.15, 0.2) is 0 Å². The van der Waals surface area contributed by atoms with Crippen LogP contribution >= 0.6 is 11.8 Å². The molecule has 0 saturated carbocycles. The Balaban J connectivity index is 1.86. The number of aromatic nitrogens is 3. The van der Waals surface area contributed by atoms with Crippen molar-refractivity contribution in [3.63, 3.8) is 0 Å². The highest BCUT2D eigenvalue weighted by molar-refractivity contribution is 7.99. The predicted octanol–water partition coefficient (Wildman–Crippen LogP) is 1.08. The first-order valence-electron chi connectivity index (χ1n) is 4.05. The van der Waals surface area contributed by atoms with E-state index < -0.39 is 0 Å². The molecule has 0 bridgehead atoms. The van der Waals surface area contributed by atoms with Crippen molar-refractivity contribution in [1.29, 1.82) is 0 Å². The monoisotopic (exact) mass is 185 g/mol. The van der Waals surface area contributed by atoms with Gasteiger partial charge in [0.1, 0.15) is 5.03 Å². The Hall–Kier alpha value is -0.550. The summed E-state index contributed by atoms with van der Waals surface area (Å²) in [6.07, 6.45) is 4.13. The van der Waals surface area contributed by atoms with Crippen LogP contribution in [-0.2, 0) is 4.74 Å². The van der Waals surface area contributed by atoms with Gasteiger partial charge in [0, 0.05) is 11.9 Å². The van der Waals surface area contributed by atoms with Gasteiger partial charge in [-0.05, 0) is 12.8 Å². The summed E-state index contributed by atoms with van der Waals surface area (Å²) in [4.78, 5) is 0. The molecule has 0 amide bonds. The number of thioether (sulfide) groups is 1. The van der Waals surface area contributed by atoms with Crippen molar-refractivity contribution in [2.75, 3.05) is 13.2 Å².